The first-order chi connectivity index (χ1) is 25.7. The summed E-state index contributed by atoms with van der Waals surface area (Å²) in [6.07, 6.45) is 0. The van der Waals surface area contributed by atoms with Gasteiger partial charge in [-0.25, -0.2) is 15.0 Å². The Labute approximate surface area is 302 Å². The van der Waals surface area contributed by atoms with Crippen molar-refractivity contribution in [1.29, 1.82) is 0 Å². The fraction of sp³-hybridized carbons (Fsp3) is 0. The Bertz CT molecular complexity index is 3200. The summed E-state index contributed by atoms with van der Waals surface area (Å²) in [7, 11) is 0. The molecule has 0 spiro atoms. The minimum Gasteiger partial charge on any atom is -0.456 e. The van der Waals surface area contributed by atoms with E-state index in [1.807, 2.05) is 6.07 Å². The summed E-state index contributed by atoms with van der Waals surface area (Å²) in [6, 6.07) is 57.5. The van der Waals surface area contributed by atoms with Crippen LogP contribution in [0.1, 0.15) is 0 Å². The van der Waals surface area contributed by atoms with Gasteiger partial charge in [0, 0.05) is 47.6 Å². The molecule has 0 amide bonds. The zero-order valence-electron chi connectivity index (χ0n) is 27.7. The Morgan fingerprint density at radius 2 is 1.00 bits per heavy atom. The first-order valence-corrected chi connectivity index (χ1v) is 18.2. The van der Waals surface area contributed by atoms with E-state index in [1.165, 1.54) is 25.6 Å². The third-order valence-electron chi connectivity index (χ3n) is 10.1. The molecule has 242 valence electrons. The molecule has 0 aliphatic rings. The zero-order valence-corrected chi connectivity index (χ0v) is 28.6. The second-order valence-corrected chi connectivity index (χ2v) is 14.3. The average molecular weight is 682 g/mol. The van der Waals surface area contributed by atoms with Crippen molar-refractivity contribution < 1.29 is 4.42 Å². The first kappa shape index (κ1) is 29.1. The number of rotatable bonds is 4. The largest absolute Gasteiger partial charge is 0.456 e. The molecule has 11 rings (SSSR count). The van der Waals surface area contributed by atoms with Crippen LogP contribution in [0.5, 0.6) is 0 Å². The van der Waals surface area contributed by atoms with Crippen molar-refractivity contribution in [1.82, 2.24) is 15.0 Å². The molecular formula is C47H27N3OS. The summed E-state index contributed by atoms with van der Waals surface area (Å²) in [5.74, 6) is 1.89. The van der Waals surface area contributed by atoms with Crippen molar-refractivity contribution in [2.24, 2.45) is 0 Å². The molecule has 0 unspecified atom stereocenters. The van der Waals surface area contributed by atoms with E-state index in [0.29, 0.717) is 17.5 Å². The van der Waals surface area contributed by atoms with E-state index in [1.54, 1.807) is 11.3 Å². The first-order valence-electron chi connectivity index (χ1n) is 17.3. The number of fused-ring (bicyclic) bond motifs is 8. The van der Waals surface area contributed by atoms with Crippen LogP contribution in [0.4, 0.5) is 0 Å². The van der Waals surface area contributed by atoms with E-state index < -0.39 is 0 Å². The lowest BCUT2D eigenvalue weighted by atomic mass is 9.98. The maximum absolute atomic E-state index is 6.36. The highest BCUT2D eigenvalue weighted by atomic mass is 32.1. The van der Waals surface area contributed by atoms with Crippen LogP contribution in [0.25, 0.3) is 109 Å². The van der Waals surface area contributed by atoms with Crippen LogP contribution in [0.2, 0.25) is 0 Å². The summed E-state index contributed by atoms with van der Waals surface area (Å²) in [4.78, 5) is 15.8. The number of hydrogen-bond donors (Lipinski definition) is 0. The van der Waals surface area contributed by atoms with Gasteiger partial charge in [-0.1, -0.05) is 109 Å². The molecule has 0 atom stereocenters. The maximum atomic E-state index is 6.36. The van der Waals surface area contributed by atoms with Crippen LogP contribution in [-0.4, -0.2) is 15.0 Å². The smallest absolute Gasteiger partial charge is 0.164 e. The molecule has 11 aromatic rings. The molecule has 0 aliphatic carbocycles. The highest BCUT2D eigenvalue weighted by Gasteiger charge is 2.20. The van der Waals surface area contributed by atoms with Crippen LogP contribution >= 0.6 is 11.3 Å². The minimum absolute atomic E-state index is 0.614. The van der Waals surface area contributed by atoms with Crippen molar-refractivity contribution in [3.63, 3.8) is 0 Å². The van der Waals surface area contributed by atoms with Crippen molar-refractivity contribution in [2.45, 2.75) is 0 Å². The predicted molar refractivity (Wildman–Crippen MR) is 217 cm³/mol. The van der Waals surface area contributed by atoms with E-state index in [2.05, 4.69) is 158 Å². The quantitative estimate of drug-likeness (QED) is 0.185. The summed E-state index contributed by atoms with van der Waals surface area (Å²) < 4.78 is 8.80. The number of hydrogen-bond acceptors (Lipinski definition) is 5. The summed E-state index contributed by atoms with van der Waals surface area (Å²) in [5, 5.41) is 9.10. The molecule has 0 saturated carbocycles. The topological polar surface area (TPSA) is 51.8 Å². The summed E-state index contributed by atoms with van der Waals surface area (Å²) >= 11 is 1.80. The second-order valence-electron chi connectivity index (χ2n) is 13.2. The van der Waals surface area contributed by atoms with Crippen LogP contribution in [0.15, 0.2) is 168 Å². The van der Waals surface area contributed by atoms with E-state index in [-0.39, 0.29) is 0 Å². The standard InChI is InChI=1S/C47H27N3OS/c1-2-10-28(11-3-1)35-25-39(44-36-16-8-9-17-42(36)52-43(44)27-35)47-49-45(33-19-18-29-12-4-5-13-30(29)22-33)48-46(50-47)34-20-21-40-37(24-34)38-23-31-14-6-7-15-32(31)26-41(38)51-40/h1-27H. The van der Waals surface area contributed by atoms with E-state index in [4.69, 9.17) is 19.4 Å². The molecule has 0 bridgehead atoms. The molecule has 0 N–H and O–H groups in total. The molecule has 4 nitrogen and oxygen atoms in total. The van der Waals surface area contributed by atoms with Gasteiger partial charge < -0.3 is 4.42 Å². The normalized spacial score (nSPS) is 11.8. The molecular weight excluding hydrogens is 655 g/mol. The Morgan fingerprint density at radius 1 is 0.365 bits per heavy atom. The lowest BCUT2D eigenvalue weighted by molar-refractivity contribution is 0.669. The fourth-order valence-corrected chi connectivity index (χ4v) is 8.68. The molecule has 0 aliphatic heterocycles. The van der Waals surface area contributed by atoms with Gasteiger partial charge in [-0.05, 0) is 87.3 Å². The number of thiophene rings is 1. The molecule has 3 aromatic heterocycles. The third-order valence-corrected chi connectivity index (χ3v) is 11.2. The summed E-state index contributed by atoms with van der Waals surface area (Å²) in [5.41, 5.74) is 6.80. The zero-order chi connectivity index (χ0) is 34.2. The van der Waals surface area contributed by atoms with Crippen LogP contribution in [0, 0.1) is 0 Å². The van der Waals surface area contributed by atoms with Crippen LogP contribution in [-0.2, 0) is 0 Å². The van der Waals surface area contributed by atoms with E-state index in [0.717, 1.165) is 65.9 Å². The molecule has 3 heterocycles. The predicted octanol–water partition coefficient (Wildman–Crippen LogP) is 13.1. The molecule has 8 aromatic carbocycles. The Hall–Kier alpha value is -6.69. The van der Waals surface area contributed by atoms with Gasteiger partial charge in [0.05, 0.1) is 0 Å². The van der Waals surface area contributed by atoms with Gasteiger partial charge in [0.25, 0.3) is 0 Å². The van der Waals surface area contributed by atoms with Gasteiger partial charge in [-0.3, -0.25) is 0 Å². The lowest BCUT2D eigenvalue weighted by Crippen LogP contribution is -2.01. The van der Waals surface area contributed by atoms with Crippen molar-refractivity contribution >= 4 is 75.0 Å². The van der Waals surface area contributed by atoms with Crippen LogP contribution < -0.4 is 0 Å². The van der Waals surface area contributed by atoms with Crippen molar-refractivity contribution in [2.75, 3.05) is 0 Å². The Morgan fingerprint density at radius 3 is 1.83 bits per heavy atom. The lowest BCUT2D eigenvalue weighted by Gasteiger charge is -2.12. The van der Waals surface area contributed by atoms with Crippen molar-refractivity contribution in [3.05, 3.63) is 164 Å². The van der Waals surface area contributed by atoms with Gasteiger partial charge in [0.1, 0.15) is 11.2 Å². The van der Waals surface area contributed by atoms with Gasteiger partial charge in [0.15, 0.2) is 17.5 Å². The molecule has 52 heavy (non-hydrogen) atoms. The number of furan rings is 1. The monoisotopic (exact) mass is 681 g/mol. The molecule has 0 radical (unpaired) electrons. The highest BCUT2D eigenvalue weighted by molar-refractivity contribution is 7.26. The fourth-order valence-electron chi connectivity index (χ4n) is 7.51. The maximum Gasteiger partial charge on any atom is 0.164 e. The molecule has 5 heteroatoms. The molecule has 0 fully saturated rings. The minimum atomic E-state index is 0.614. The Kier molecular flexibility index (Phi) is 6.39. The average Bonchev–Trinajstić information content (AvgIpc) is 3.77. The van der Waals surface area contributed by atoms with Gasteiger partial charge in [0.2, 0.25) is 0 Å². The SMILES string of the molecule is c1ccc(-c2cc(-c3nc(-c4ccc5ccccc5c4)nc(-c4ccc5oc6cc7ccccc7cc6c5c4)n3)c3c(c2)sc2ccccc23)cc1. The number of nitrogens with zero attached hydrogens (tertiary/aromatic N) is 3. The second kappa shape index (κ2) is 11.4. The number of aromatic nitrogens is 3. The van der Waals surface area contributed by atoms with Gasteiger partial charge >= 0.3 is 0 Å². The van der Waals surface area contributed by atoms with Gasteiger partial charge in [-0.15, -0.1) is 11.3 Å². The number of benzene rings is 8. The van der Waals surface area contributed by atoms with Crippen molar-refractivity contribution in [3.8, 4) is 45.3 Å². The highest BCUT2D eigenvalue weighted by Crippen LogP contribution is 2.43. The van der Waals surface area contributed by atoms with E-state index in [9.17, 15) is 0 Å². The van der Waals surface area contributed by atoms with Crippen LogP contribution in [0.3, 0.4) is 0 Å². The summed E-state index contributed by atoms with van der Waals surface area (Å²) in [6.45, 7) is 0. The molecule has 0 saturated heterocycles. The third kappa shape index (κ3) is 4.71. The van der Waals surface area contributed by atoms with E-state index >= 15 is 0 Å². The Balaban J connectivity index is 1.19. The van der Waals surface area contributed by atoms with Gasteiger partial charge in [-0.2, -0.15) is 0 Å².